The molecule has 2 aromatic carbocycles. The third-order valence-corrected chi connectivity index (χ3v) is 2.94. The van der Waals surface area contributed by atoms with E-state index in [0.29, 0.717) is 11.4 Å². The first-order valence-electron chi connectivity index (χ1n) is 6.64. The van der Waals surface area contributed by atoms with E-state index in [1.54, 1.807) is 12.1 Å². The van der Waals surface area contributed by atoms with Gasteiger partial charge in [-0.05, 0) is 24.3 Å². The van der Waals surface area contributed by atoms with Gasteiger partial charge in [-0.1, -0.05) is 6.07 Å². The summed E-state index contributed by atoms with van der Waals surface area (Å²) in [6, 6.07) is 9.01. The molecule has 8 nitrogen and oxygen atoms in total. The first-order chi connectivity index (χ1) is 11.3. The number of anilines is 2. The van der Waals surface area contributed by atoms with E-state index in [1.165, 1.54) is 38.5 Å². The number of carboxylic acid groups (broad SMARTS) is 2. The molecule has 2 aromatic rings. The molecular weight excluding hydrogens is 316 g/mol. The summed E-state index contributed by atoms with van der Waals surface area (Å²) in [5.74, 6) is -1.57. The fraction of sp³-hybridized carbons (Fsp3) is 0.125. The van der Waals surface area contributed by atoms with Crippen LogP contribution in [0, 0.1) is 0 Å². The standard InChI is InChI=1S/2C8H9NO3/c1-12-7-4-5(9)2-3-6(7)8(10)11;1-12-7-5(8(10)11)3-2-4-6(7)9/h2*2-4H,9H2,1H3,(H,10,11). The number of hydrogen-bond acceptors (Lipinski definition) is 6. The molecular formula is C16H18N2O6. The molecule has 0 spiro atoms. The Balaban J connectivity index is 0.000000240. The van der Waals surface area contributed by atoms with Crippen molar-refractivity contribution in [2.75, 3.05) is 25.7 Å². The largest absolute Gasteiger partial charge is 0.496 e. The summed E-state index contributed by atoms with van der Waals surface area (Å²) in [7, 11) is 2.79. The van der Waals surface area contributed by atoms with Crippen LogP contribution in [-0.2, 0) is 0 Å². The van der Waals surface area contributed by atoms with Gasteiger partial charge < -0.3 is 31.2 Å². The summed E-state index contributed by atoms with van der Waals surface area (Å²) in [4.78, 5) is 21.2. The Morgan fingerprint density at radius 2 is 1.54 bits per heavy atom. The van der Waals surface area contributed by atoms with Crippen LogP contribution in [-0.4, -0.2) is 36.4 Å². The second-order valence-electron chi connectivity index (χ2n) is 4.50. The second-order valence-corrected chi connectivity index (χ2v) is 4.50. The zero-order chi connectivity index (χ0) is 18.3. The lowest BCUT2D eigenvalue weighted by Gasteiger charge is -2.06. The Hall–Kier alpha value is -3.42. The van der Waals surface area contributed by atoms with Gasteiger partial charge in [0.1, 0.15) is 16.9 Å². The third kappa shape index (κ3) is 4.54. The highest BCUT2D eigenvalue weighted by atomic mass is 16.5. The van der Waals surface area contributed by atoms with Crippen LogP contribution in [0.25, 0.3) is 0 Å². The molecule has 0 unspecified atom stereocenters. The van der Waals surface area contributed by atoms with Crippen molar-refractivity contribution in [1.82, 2.24) is 0 Å². The Morgan fingerprint density at radius 1 is 0.917 bits per heavy atom. The van der Waals surface area contributed by atoms with E-state index in [9.17, 15) is 9.59 Å². The SMILES string of the molecule is COc1c(N)cccc1C(=O)O.COc1cc(N)ccc1C(=O)O. The normalized spacial score (nSPS) is 9.42. The maximum Gasteiger partial charge on any atom is 0.339 e. The van der Waals surface area contributed by atoms with E-state index >= 15 is 0 Å². The Labute approximate surface area is 138 Å². The first-order valence-corrected chi connectivity index (χ1v) is 6.64. The minimum absolute atomic E-state index is 0.0810. The van der Waals surface area contributed by atoms with E-state index in [2.05, 4.69) is 0 Å². The van der Waals surface area contributed by atoms with Gasteiger partial charge in [0, 0.05) is 11.8 Å². The quantitative estimate of drug-likeness (QED) is 0.621. The smallest absolute Gasteiger partial charge is 0.339 e. The molecule has 128 valence electrons. The maximum absolute atomic E-state index is 10.6. The summed E-state index contributed by atoms with van der Waals surface area (Å²) < 4.78 is 9.66. The van der Waals surface area contributed by atoms with E-state index in [-0.39, 0.29) is 22.6 Å². The molecule has 0 aliphatic rings. The van der Waals surface area contributed by atoms with Crippen LogP contribution in [0.4, 0.5) is 11.4 Å². The Bertz CT molecular complexity index is 745. The molecule has 0 heterocycles. The number of carbonyl (C=O) groups is 2. The first kappa shape index (κ1) is 18.6. The fourth-order valence-corrected chi connectivity index (χ4v) is 1.84. The predicted molar refractivity (Wildman–Crippen MR) is 88.7 cm³/mol. The topological polar surface area (TPSA) is 145 Å². The molecule has 0 aliphatic heterocycles. The molecule has 6 N–H and O–H groups in total. The maximum atomic E-state index is 10.6. The zero-order valence-corrected chi connectivity index (χ0v) is 13.1. The van der Waals surface area contributed by atoms with Gasteiger partial charge in [0.05, 0.1) is 19.9 Å². The summed E-state index contributed by atoms with van der Waals surface area (Å²) in [6.07, 6.45) is 0. The Morgan fingerprint density at radius 3 is 2.00 bits per heavy atom. The van der Waals surface area contributed by atoms with Crippen LogP contribution < -0.4 is 20.9 Å². The summed E-state index contributed by atoms with van der Waals surface area (Å²) >= 11 is 0. The molecule has 8 heteroatoms. The number of carboxylic acids is 2. The summed E-state index contributed by atoms with van der Waals surface area (Å²) in [6.45, 7) is 0. The van der Waals surface area contributed by atoms with Crippen molar-refractivity contribution in [3.05, 3.63) is 47.5 Å². The van der Waals surface area contributed by atoms with Gasteiger partial charge in [-0.25, -0.2) is 9.59 Å². The zero-order valence-electron chi connectivity index (χ0n) is 13.1. The average molecular weight is 334 g/mol. The number of para-hydroxylation sites is 1. The monoisotopic (exact) mass is 334 g/mol. The van der Waals surface area contributed by atoms with E-state index in [4.69, 9.17) is 31.2 Å². The number of aromatic carboxylic acids is 2. The van der Waals surface area contributed by atoms with Gasteiger partial charge in [0.2, 0.25) is 0 Å². The van der Waals surface area contributed by atoms with E-state index in [1.807, 2.05) is 0 Å². The van der Waals surface area contributed by atoms with Crippen LogP contribution in [0.2, 0.25) is 0 Å². The van der Waals surface area contributed by atoms with Crippen molar-refractivity contribution in [3.63, 3.8) is 0 Å². The highest BCUT2D eigenvalue weighted by Crippen LogP contribution is 2.25. The van der Waals surface area contributed by atoms with Crippen LogP contribution in [0.1, 0.15) is 20.7 Å². The van der Waals surface area contributed by atoms with Crippen LogP contribution in [0.3, 0.4) is 0 Å². The number of hydrogen-bond donors (Lipinski definition) is 4. The molecule has 0 fully saturated rings. The van der Waals surface area contributed by atoms with Crippen LogP contribution in [0.5, 0.6) is 11.5 Å². The summed E-state index contributed by atoms with van der Waals surface area (Å²) in [5, 5.41) is 17.4. The molecule has 24 heavy (non-hydrogen) atoms. The van der Waals surface area contributed by atoms with Crippen molar-refractivity contribution >= 4 is 23.3 Å². The number of ether oxygens (including phenoxy) is 2. The van der Waals surface area contributed by atoms with Crippen LogP contribution in [0.15, 0.2) is 36.4 Å². The van der Waals surface area contributed by atoms with Crippen LogP contribution >= 0.6 is 0 Å². The predicted octanol–water partition coefficient (Wildman–Crippen LogP) is 1.95. The van der Waals surface area contributed by atoms with Gasteiger partial charge in [-0.2, -0.15) is 0 Å². The summed E-state index contributed by atoms with van der Waals surface area (Å²) in [5.41, 5.74) is 11.9. The van der Waals surface area contributed by atoms with Gasteiger partial charge in [-0.3, -0.25) is 0 Å². The molecule has 2 rings (SSSR count). The number of methoxy groups -OCH3 is 2. The highest BCUT2D eigenvalue weighted by molar-refractivity contribution is 5.93. The molecule has 0 atom stereocenters. The molecule has 0 aromatic heterocycles. The molecule has 0 saturated carbocycles. The third-order valence-electron chi connectivity index (χ3n) is 2.94. The van der Waals surface area contributed by atoms with Crippen molar-refractivity contribution in [2.45, 2.75) is 0 Å². The lowest BCUT2D eigenvalue weighted by atomic mass is 10.2. The number of benzene rings is 2. The number of nitrogen functional groups attached to an aromatic ring is 2. The number of nitrogens with two attached hydrogens (primary N) is 2. The Kier molecular flexibility index (Phi) is 6.42. The lowest BCUT2D eigenvalue weighted by Crippen LogP contribution is -2.02. The second kappa shape index (κ2) is 8.28. The van der Waals surface area contributed by atoms with E-state index in [0.717, 1.165) is 0 Å². The fourth-order valence-electron chi connectivity index (χ4n) is 1.84. The minimum atomic E-state index is -1.04. The van der Waals surface area contributed by atoms with Gasteiger partial charge in [0.15, 0.2) is 5.75 Å². The van der Waals surface area contributed by atoms with Gasteiger partial charge in [0.25, 0.3) is 0 Å². The average Bonchev–Trinajstić information content (AvgIpc) is 2.54. The van der Waals surface area contributed by atoms with Crippen molar-refractivity contribution in [3.8, 4) is 11.5 Å². The van der Waals surface area contributed by atoms with Crippen molar-refractivity contribution in [2.24, 2.45) is 0 Å². The molecule has 0 aliphatic carbocycles. The van der Waals surface area contributed by atoms with Crippen molar-refractivity contribution in [1.29, 1.82) is 0 Å². The van der Waals surface area contributed by atoms with E-state index < -0.39 is 11.9 Å². The lowest BCUT2D eigenvalue weighted by molar-refractivity contribution is 0.0682. The van der Waals surface area contributed by atoms with Crippen molar-refractivity contribution < 1.29 is 29.3 Å². The highest BCUT2D eigenvalue weighted by Gasteiger charge is 2.12. The molecule has 0 bridgehead atoms. The number of rotatable bonds is 4. The molecule has 0 radical (unpaired) electrons. The van der Waals surface area contributed by atoms with Gasteiger partial charge in [-0.15, -0.1) is 0 Å². The minimum Gasteiger partial charge on any atom is -0.496 e. The molecule has 0 amide bonds. The molecule has 0 saturated heterocycles. The van der Waals surface area contributed by atoms with Gasteiger partial charge >= 0.3 is 11.9 Å².